The van der Waals surface area contributed by atoms with Crippen LogP contribution in [0.3, 0.4) is 0 Å². The van der Waals surface area contributed by atoms with E-state index < -0.39 is 0 Å². The number of nitrogens with zero attached hydrogens (tertiary/aromatic N) is 3. The van der Waals surface area contributed by atoms with Crippen molar-refractivity contribution in [1.29, 1.82) is 0 Å². The number of hydrogen-bond acceptors (Lipinski definition) is 6. The first-order valence-corrected chi connectivity index (χ1v) is 11.5. The molecule has 178 valence electrons. The van der Waals surface area contributed by atoms with Crippen LogP contribution in [0.15, 0.2) is 77.6 Å². The maximum Gasteiger partial charge on any atom is 0.260 e. The molecule has 4 aromatic rings. The Morgan fingerprint density at radius 1 is 1.03 bits per heavy atom. The second-order valence-corrected chi connectivity index (χ2v) is 8.30. The molecular weight excluding hydrogens is 444 g/mol. The summed E-state index contributed by atoms with van der Waals surface area (Å²) in [5.74, 6) is 0.610. The quantitative estimate of drug-likeness (QED) is 0.463. The minimum absolute atomic E-state index is 0.155. The molecule has 0 atom stereocenters. The zero-order valence-electron chi connectivity index (χ0n) is 19.4. The van der Waals surface area contributed by atoms with Crippen molar-refractivity contribution in [2.75, 3.05) is 38.2 Å². The summed E-state index contributed by atoms with van der Waals surface area (Å²) >= 11 is 0. The Morgan fingerprint density at radius 2 is 1.71 bits per heavy atom. The van der Waals surface area contributed by atoms with Crippen LogP contribution >= 0.6 is 0 Å². The highest BCUT2D eigenvalue weighted by atomic mass is 16.5. The number of hydrogen-bond donors (Lipinski definition) is 1. The lowest BCUT2D eigenvalue weighted by Crippen LogP contribution is -2.43. The van der Waals surface area contributed by atoms with E-state index in [0.717, 1.165) is 11.4 Å². The monoisotopic (exact) mass is 470 g/mol. The Hall–Kier alpha value is -4.17. The Morgan fingerprint density at radius 3 is 2.43 bits per heavy atom. The van der Waals surface area contributed by atoms with Crippen LogP contribution in [0, 0.1) is 6.92 Å². The molecule has 1 saturated heterocycles. The molecule has 35 heavy (non-hydrogen) atoms. The van der Waals surface area contributed by atoms with Gasteiger partial charge in [0, 0.05) is 36.2 Å². The summed E-state index contributed by atoms with van der Waals surface area (Å²) in [6.07, 6.45) is 0. The summed E-state index contributed by atoms with van der Waals surface area (Å²) < 4.78 is 13.1. The number of benzene rings is 2. The maximum absolute atomic E-state index is 13.4. The van der Waals surface area contributed by atoms with Gasteiger partial charge in [0.25, 0.3) is 5.91 Å². The first-order valence-electron chi connectivity index (χ1n) is 11.5. The molecule has 0 aliphatic carbocycles. The van der Waals surface area contributed by atoms with Crippen LogP contribution in [0.2, 0.25) is 0 Å². The summed E-state index contributed by atoms with van der Waals surface area (Å²) in [6, 6.07) is 22.8. The molecule has 2 aromatic carbocycles. The van der Waals surface area contributed by atoms with Gasteiger partial charge in [0.2, 0.25) is 5.88 Å². The largest absolute Gasteiger partial charge is 0.467 e. The van der Waals surface area contributed by atoms with Crippen LogP contribution in [-0.2, 0) is 9.53 Å². The summed E-state index contributed by atoms with van der Waals surface area (Å²) in [5.41, 5.74) is 2.80. The normalized spacial score (nSPS) is 13.6. The smallest absolute Gasteiger partial charge is 0.260 e. The van der Waals surface area contributed by atoms with Gasteiger partial charge in [-0.2, -0.15) is 0 Å². The number of para-hydroxylation sites is 2. The molecule has 3 heterocycles. The second kappa shape index (κ2) is 9.99. The molecule has 1 N–H and O–H groups in total. The number of pyridine rings is 2. The third-order valence-electron chi connectivity index (χ3n) is 5.85. The molecule has 1 amide bonds. The molecule has 1 aliphatic heterocycles. The van der Waals surface area contributed by atoms with Crippen LogP contribution in [0.5, 0.6) is 5.88 Å². The average molecular weight is 471 g/mol. The Bertz CT molecular complexity index is 1400. The number of carbonyl (C=O) groups excluding carboxylic acids is 1. The van der Waals surface area contributed by atoms with Crippen LogP contribution in [0.1, 0.15) is 5.69 Å². The highest BCUT2D eigenvalue weighted by Crippen LogP contribution is 2.29. The summed E-state index contributed by atoms with van der Waals surface area (Å²) in [5, 5.41) is 3.69. The van der Waals surface area contributed by atoms with E-state index in [-0.39, 0.29) is 23.8 Å². The molecule has 0 radical (unpaired) electrons. The number of rotatable bonds is 6. The average Bonchev–Trinajstić information content (AvgIpc) is 2.88. The molecule has 0 spiro atoms. The molecule has 2 aromatic heterocycles. The Labute approximate surface area is 202 Å². The number of aryl methyl sites for hydroxylation is 1. The first kappa shape index (κ1) is 22.6. The third-order valence-corrected chi connectivity index (χ3v) is 5.85. The van der Waals surface area contributed by atoms with Crippen LogP contribution < -0.4 is 15.5 Å². The predicted molar refractivity (Wildman–Crippen MR) is 135 cm³/mol. The van der Waals surface area contributed by atoms with E-state index in [1.54, 1.807) is 4.90 Å². The van der Waals surface area contributed by atoms with Gasteiger partial charge in [-0.05, 0) is 37.3 Å². The molecule has 8 nitrogen and oxygen atoms in total. The Kier molecular flexibility index (Phi) is 6.45. The van der Waals surface area contributed by atoms with E-state index in [9.17, 15) is 9.59 Å². The van der Waals surface area contributed by atoms with Gasteiger partial charge in [-0.25, -0.2) is 4.98 Å². The van der Waals surface area contributed by atoms with Gasteiger partial charge < -0.3 is 19.7 Å². The lowest BCUT2D eigenvalue weighted by molar-refractivity contribution is -0.137. The first-order chi connectivity index (χ1) is 17.1. The van der Waals surface area contributed by atoms with Crippen molar-refractivity contribution in [1.82, 2.24) is 14.5 Å². The van der Waals surface area contributed by atoms with Gasteiger partial charge in [-0.1, -0.05) is 36.4 Å². The number of ether oxygens (including phenoxy) is 2. The van der Waals surface area contributed by atoms with Crippen molar-refractivity contribution in [3.05, 3.63) is 88.7 Å². The van der Waals surface area contributed by atoms with E-state index in [0.29, 0.717) is 48.7 Å². The molecule has 8 heteroatoms. The minimum Gasteiger partial charge on any atom is -0.467 e. The van der Waals surface area contributed by atoms with Crippen molar-refractivity contribution in [3.63, 3.8) is 0 Å². The summed E-state index contributed by atoms with van der Waals surface area (Å²) in [7, 11) is 0. The number of aromatic nitrogens is 2. The van der Waals surface area contributed by atoms with E-state index in [1.165, 1.54) is 6.07 Å². The molecular formula is C27H26N4O4. The number of fused-ring (bicyclic) bond motifs is 1. The lowest BCUT2D eigenvalue weighted by Gasteiger charge is -2.26. The van der Waals surface area contributed by atoms with Crippen molar-refractivity contribution >= 4 is 28.3 Å². The van der Waals surface area contributed by atoms with Crippen molar-refractivity contribution < 1.29 is 14.3 Å². The van der Waals surface area contributed by atoms with E-state index >= 15 is 0 Å². The molecule has 0 unspecified atom stereocenters. The van der Waals surface area contributed by atoms with Gasteiger partial charge in [-0.3, -0.25) is 14.2 Å². The lowest BCUT2D eigenvalue weighted by atomic mass is 10.2. The molecule has 0 bridgehead atoms. The zero-order chi connectivity index (χ0) is 24.2. The number of carbonyl (C=O) groups is 1. The second-order valence-electron chi connectivity index (χ2n) is 8.30. The fourth-order valence-corrected chi connectivity index (χ4v) is 4.18. The van der Waals surface area contributed by atoms with Crippen molar-refractivity contribution in [3.8, 4) is 11.6 Å². The van der Waals surface area contributed by atoms with Crippen LogP contribution in [-0.4, -0.2) is 53.3 Å². The fourth-order valence-electron chi connectivity index (χ4n) is 4.18. The standard InChI is InChI=1S/C27H26N4O4/c1-19-16-22-26(27(28-19)35-18-25(33)30-12-14-34-15-13-30)23(32)17-24(29-20-8-4-2-5-9-20)31(22)21-10-6-3-7-11-21/h2-11,16-17,29H,12-15,18H2,1H3. The number of nitrogens with one attached hydrogen (secondary N) is 1. The van der Waals surface area contributed by atoms with E-state index in [4.69, 9.17) is 9.47 Å². The van der Waals surface area contributed by atoms with Gasteiger partial charge in [0.1, 0.15) is 11.2 Å². The molecule has 1 fully saturated rings. The summed E-state index contributed by atoms with van der Waals surface area (Å²) in [4.78, 5) is 32.2. The predicted octanol–water partition coefficient (Wildman–Crippen LogP) is 3.68. The van der Waals surface area contributed by atoms with Gasteiger partial charge in [-0.15, -0.1) is 0 Å². The SMILES string of the molecule is Cc1cc2c(c(OCC(=O)N3CCOCC3)n1)c(=O)cc(Nc1ccccc1)n2-c1ccccc1. The topological polar surface area (TPSA) is 85.7 Å². The minimum atomic E-state index is -0.244. The van der Waals surface area contributed by atoms with Crippen molar-refractivity contribution in [2.45, 2.75) is 6.92 Å². The van der Waals surface area contributed by atoms with E-state index in [1.807, 2.05) is 78.2 Å². The zero-order valence-corrected chi connectivity index (χ0v) is 19.4. The summed E-state index contributed by atoms with van der Waals surface area (Å²) in [6.45, 7) is 3.72. The number of anilines is 2. The van der Waals surface area contributed by atoms with Gasteiger partial charge >= 0.3 is 0 Å². The Balaban J connectivity index is 1.60. The number of morpholine rings is 1. The highest BCUT2D eigenvalue weighted by molar-refractivity contribution is 5.88. The highest BCUT2D eigenvalue weighted by Gasteiger charge is 2.21. The van der Waals surface area contributed by atoms with E-state index in [2.05, 4.69) is 10.3 Å². The fraction of sp³-hybridized carbons (Fsp3) is 0.222. The van der Waals surface area contributed by atoms with Gasteiger partial charge in [0.05, 0.1) is 18.7 Å². The van der Waals surface area contributed by atoms with Gasteiger partial charge in [0.15, 0.2) is 12.0 Å². The van der Waals surface area contributed by atoms with Crippen LogP contribution in [0.4, 0.5) is 11.5 Å². The third kappa shape index (κ3) is 4.88. The molecule has 5 rings (SSSR count). The molecule has 1 aliphatic rings. The number of amides is 1. The van der Waals surface area contributed by atoms with Crippen molar-refractivity contribution in [2.24, 2.45) is 0 Å². The van der Waals surface area contributed by atoms with Crippen LogP contribution in [0.25, 0.3) is 16.6 Å². The maximum atomic E-state index is 13.4. The molecule has 0 saturated carbocycles.